The highest BCUT2D eigenvalue weighted by atomic mass is 79.9. The van der Waals surface area contributed by atoms with Gasteiger partial charge in [-0.15, -0.1) is 0 Å². The van der Waals surface area contributed by atoms with Gasteiger partial charge in [0.05, 0.1) is 6.61 Å². The van der Waals surface area contributed by atoms with Crippen LogP contribution in [0.5, 0.6) is 0 Å². The van der Waals surface area contributed by atoms with Crippen LogP contribution in [-0.4, -0.2) is 23.4 Å². The van der Waals surface area contributed by atoms with Crippen molar-refractivity contribution in [1.82, 2.24) is 10.6 Å². The molecule has 0 aliphatic carbocycles. The zero-order valence-corrected chi connectivity index (χ0v) is 11.6. The van der Waals surface area contributed by atoms with Crippen molar-refractivity contribution in [2.24, 2.45) is 0 Å². The van der Waals surface area contributed by atoms with Crippen molar-refractivity contribution >= 4 is 44.9 Å². The van der Waals surface area contributed by atoms with E-state index < -0.39 is 0 Å². The minimum atomic E-state index is 0.0582. The fourth-order valence-corrected chi connectivity index (χ4v) is 1.84. The Morgan fingerprint density at radius 2 is 2.19 bits per heavy atom. The molecule has 3 nitrogen and oxygen atoms in total. The number of benzene rings is 1. The van der Waals surface area contributed by atoms with Gasteiger partial charge in [0.2, 0.25) is 0 Å². The number of thiocarbonyl (C=S) groups is 1. The van der Waals surface area contributed by atoms with Crippen molar-refractivity contribution in [3.63, 3.8) is 0 Å². The summed E-state index contributed by atoms with van der Waals surface area (Å²) in [5.74, 6) is 0. The lowest BCUT2D eigenvalue weighted by atomic mass is 10.2. The van der Waals surface area contributed by atoms with Gasteiger partial charge in [0.15, 0.2) is 5.11 Å². The van der Waals surface area contributed by atoms with E-state index in [1.54, 1.807) is 0 Å². The number of halogens is 2. The fourth-order valence-electron chi connectivity index (χ4n) is 1.09. The van der Waals surface area contributed by atoms with Crippen LogP contribution in [0.4, 0.5) is 0 Å². The molecule has 0 spiro atoms. The second-order valence-electron chi connectivity index (χ2n) is 3.07. The number of rotatable bonds is 4. The summed E-state index contributed by atoms with van der Waals surface area (Å²) in [5.41, 5.74) is 1.03. The molecule has 1 aromatic rings. The first-order chi connectivity index (χ1) is 7.63. The van der Waals surface area contributed by atoms with E-state index in [1.807, 2.05) is 18.2 Å². The van der Waals surface area contributed by atoms with Crippen molar-refractivity contribution in [3.8, 4) is 0 Å². The Bertz CT molecular complexity index is 376. The minimum Gasteiger partial charge on any atom is -0.395 e. The molecule has 16 heavy (non-hydrogen) atoms. The van der Waals surface area contributed by atoms with Gasteiger partial charge >= 0.3 is 0 Å². The Kier molecular flexibility index (Phi) is 6.05. The summed E-state index contributed by atoms with van der Waals surface area (Å²) < 4.78 is 0.981. The molecule has 0 aliphatic rings. The van der Waals surface area contributed by atoms with Gasteiger partial charge in [-0.25, -0.2) is 0 Å². The third kappa shape index (κ3) is 4.65. The molecular weight excluding hydrogens is 312 g/mol. The Labute approximate surface area is 113 Å². The van der Waals surface area contributed by atoms with Gasteiger partial charge in [0.25, 0.3) is 0 Å². The van der Waals surface area contributed by atoms with Crippen LogP contribution in [-0.2, 0) is 6.54 Å². The van der Waals surface area contributed by atoms with Crippen molar-refractivity contribution in [2.45, 2.75) is 6.54 Å². The number of aliphatic hydroxyl groups excluding tert-OH is 1. The summed E-state index contributed by atoms with van der Waals surface area (Å²) in [6, 6.07) is 5.58. The third-order valence-electron chi connectivity index (χ3n) is 1.84. The quantitative estimate of drug-likeness (QED) is 0.742. The van der Waals surface area contributed by atoms with E-state index in [1.165, 1.54) is 0 Å². The average Bonchev–Trinajstić information content (AvgIpc) is 2.27. The van der Waals surface area contributed by atoms with Gasteiger partial charge in [0, 0.05) is 22.6 Å². The van der Waals surface area contributed by atoms with Gasteiger partial charge < -0.3 is 15.7 Å². The predicted molar refractivity (Wildman–Crippen MR) is 73.7 cm³/mol. The molecule has 0 heterocycles. The maximum atomic E-state index is 8.61. The summed E-state index contributed by atoms with van der Waals surface area (Å²) in [6.45, 7) is 1.09. The zero-order valence-electron chi connectivity index (χ0n) is 8.46. The number of nitrogens with one attached hydrogen (secondary N) is 2. The Balaban J connectivity index is 2.47. The Morgan fingerprint density at radius 3 is 2.88 bits per heavy atom. The molecule has 1 aromatic carbocycles. The van der Waals surface area contributed by atoms with Crippen LogP contribution in [0.3, 0.4) is 0 Å². The van der Waals surface area contributed by atoms with E-state index in [2.05, 4.69) is 26.6 Å². The molecule has 0 aliphatic heterocycles. The lowest BCUT2D eigenvalue weighted by molar-refractivity contribution is 0.300. The second kappa shape index (κ2) is 7.06. The highest BCUT2D eigenvalue weighted by Crippen LogP contribution is 2.20. The second-order valence-corrected chi connectivity index (χ2v) is 4.77. The summed E-state index contributed by atoms with van der Waals surface area (Å²) >= 11 is 14.3. The average molecular weight is 324 g/mol. The van der Waals surface area contributed by atoms with Crippen molar-refractivity contribution in [3.05, 3.63) is 33.3 Å². The van der Waals surface area contributed by atoms with Crippen LogP contribution in [0.2, 0.25) is 5.02 Å². The highest BCUT2D eigenvalue weighted by molar-refractivity contribution is 9.10. The van der Waals surface area contributed by atoms with Crippen LogP contribution in [0.25, 0.3) is 0 Å². The maximum Gasteiger partial charge on any atom is 0.166 e. The summed E-state index contributed by atoms with van der Waals surface area (Å²) in [5, 5.41) is 15.7. The van der Waals surface area contributed by atoms with E-state index in [4.69, 9.17) is 28.9 Å². The van der Waals surface area contributed by atoms with Gasteiger partial charge in [0.1, 0.15) is 0 Å². The smallest absolute Gasteiger partial charge is 0.166 e. The molecule has 0 aromatic heterocycles. The molecule has 0 saturated carbocycles. The molecule has 0 bridgehead atoms. The van der Waals surface area contributed by atoms with Crippen molar-refractivity contribution in [2.75, 3.05) is 13.2 Å². The topological polar surface area (TPSA) is 44.3 Å². The first kappa shape index (κ1) is 13.7. The van der Waals surface area contributed by atoms with Crippen LogP contribution in [0, 0.1) is 0 Å². The van der Waals surface area contributed by atoms with E-state index in [0.717, 1.165) is 10.0 Å². The van der Waals surface area contributed by atoms with Crippen LogP contribution in [0.15, 0.2) is 22.7 Å². The number of hydrogen-bond donors (Lipinski definition) is 3. The van der Waals surface area contributed by atoms with E-state index in [-0.39, 0.29) is 6.61 Å². The van der Waals surface area contributed by atoms with Gasteiger partial charge in [-0.1, -0.05) is 27.5 Å². The van der Waals surface area contributed by atoms with E-state index in [0.29, 0.717) is 23.2 Å². The van der Waals surface area contributed by atoms with Crippen LogP contribution >= 0.6 is 39.7 Å². The summed E-state index contributed by atoms with van der Waals surface area (Å²) in [6.07, 6.45) is 0. The largest absolute Gasteiger partial charge is 0.395 e. The molecule has 0 saturated heterocycles. The van der Waals surface area contributed by atoms with Gasteiger partial charge in [-0.2, -0.15) is 0 Å². The molecule has 0 atom stereocenters. The number of hydrogen-bond acceptors (Lipinski definition) is 2. The third-order valence-corrected chi connectivity index (χ3v) is 3.14. The molecule has 0 unspecified atom stereocenters. The molecule has 6 heteroatoms. The Morgan fingerprint density at radius 1 is 1.44 bits per heavy atom. The molecular formula is C10H12BrClN2OS. The van der Waals surface area contributed by atoms with Crippen LogP contribution in [0.1, 0.15) is 5.56 Å². The van der Waals surface area contributed by atoms with Gasteiger partial charge in [-0.3, -0.25) is 0 Å². The van der Waals surface area contributed by atoms with Gasteiger partial charge in [-0.05, 0) is 36.0 Å². The maximum absolute atomic E-state index is 8.61. The van der Waals surface area contributed by atoms with Crippen molar-refractivity contribution in [1.29, 1.82) is 0 Å². The molecule has 88 valence electrons. The first-order valence-corrected chi connectivity index (χ1v) is 6.28. The lowest BCUT2D eigenvalue weighted by Crippen LogP contribution is -2.36. The minimum absolute atomic E-state index is 0.0582. The standard InChI is InChI=1S/C10H12BrClN2OS/c11-9-2-1-8(12)5-7(9)6-14-10(16)13-3-4-15/h1-2,5,15H,3-4,6H2,(H2,13,14,16). The van der Waals surface area contributed by atoms with Crippen LogP contribution < -0.4 is 10.6 Å². The van der Waals surface area contributed by atoms with E-state index >= 15 is 0 Å². The predicted octanol–water partition coefficient (Wildman–Crippen LogP) is 2.06. The highest BCUT2D eigenvalue weighted by Gasteiger charge is 2.01. The summed E-state index contributed by atoms with van der Waals surface area (Å²) in [4.78, 5) is 0. The molecule has 0 fully saturated rings. The Hall–Kier alpha value is -0.360. The van der Waals surface area contributed by atoms with Crippen molar-refractivity contribution < 1.29 is 5.11 Å². The number of aliphatic hydroxyl groups is 1. The van der Waals surface area contributed by atoms with E-state index in [9.17, 15) is 0 Å². The summed E-state index contributed by atoms with van der Waals surface area (Å²) in [7, 11) is 0. The molecule has 1 rings (SSSR count). The lowest BCUT2D eigenvalue weighted by Gasteiger charge is -2.10. The normalized spacial score (nSPS) is 9.94. The molecule has 0 amide bonds. The molecule has 3 N–H and O–H groups in total. The zero-order chi connectivity index (χ0) is 12.0. The fraction of sp³-hybridized carbons (Fsp3) is 0.300. The first-order valence-electron chi connectivity index (χ1n) is 4.70. The SMILES string of the molecule is OCCNC(=S)NCc1cc(Cl)ccc1Br. The molecule has 0 radical (unpaired) electrons. The monoisotopic (exact) mass is 322 g/mol.